The van der Waals surface area contributed by atoms with Gasteiger partial charge in [0.25, 0.3) is 0 Å². The molecule has 21 heavy (non-hydrogen) atoms. The first kappa shape index (κ1) is 15.9. The molecule has 0 heterocycles. The molecule has 2 rings (SSSR count). The van der Waals surface area contributed by atoms with E-state index in [-0.39, 0.29) is 5.75 Å². The fourth-order valence-corrected chi connectivity index (χ4v) is 2.96. The van der Waals surface area contributed by atoms with Crippen LogP contribution in [0.2, 0.25) is 0 Å². The van der Waals surface area contributed by atoms with E-state index in [2.05, 4.69) is 35.8 Å². The predicted octanol–water partition coefficient (Wildman–Crippen LogP) is 2.81. The van der Waals surface area contributed by atoms with Gasteiger partial charge >= 0.3 is 0 Å². The number of rotatable bonds is 6. The summed E-state index contributed by atoms with van der Waals surface area (Å²) in [4.78, 5) is 1.24. The predicted molar refractivity (Wildman–Crippen MR) is 88.8 cm³/mol. The van der Waals surface area contributed by atoms with E-state index in [0.29, 0.717) is 5.56 Å². The van der Waals surface area contributed by atoms with Crippen molar-refractivity contribution < 1.29 is 8.42 Å². The van der Waals surface area contributed by atoms with Gasteiger partial charge in [0.05, 0.1) is 5.75 Å². The Bertz CT molecular complexity index is 681. The molecule has 0 atom stereocenters. The maximum Gasteiger partial charge on any atom is 0.213 e. The van der Waals surface area contributed by atoms with Gasteiger partial charge < -0.3 is 5.32 Å². The Kier molecular flexibility index (Phi) is 5.27. The van der Waals surface area contributed by atoms with E-state index in [1.165, 1.54) is 10.5 Å². The van der Waals surface area contributed by atoms with Gasteiger partial charge in [-0.1, -0.05) is 24.3 Å². The summed E-state index contributed by atoms with van der Waals surface area (Å²) < 4.78 is 22.0. The smallest absolute Gasteiger partial charge is 0.213 e. The van der Waals surface area contributed by atoms with Gasteiger partial charge in [0.15, 0.2) is 0 Å². The Labute approximate surface area is 129 Å². The molecule has 0 bridgehead atoms. The molecular formula is C15H18N2O2S2. The number of nitrogens with one attached hydrogen (secondary N) is 1. The molecule has 3 N–H and O–H groups in total. The molecule has 0 aliphatic rings. The van der Waals surface area contributed by atoms with Crippen LogP contribution in [0.4, 0.5) is 5.69 Å². The van der Waals surface area contributed by atoms with Crippen LogP contribution >= 0.6 is 11.8 Å². The fourth-order valence-electron chi connectivity index (χ4n) is 1.90. The van der Waals surface area contributed by atoms with Crippen LogP contribution in [0.15, 0.2) is 53.4 Å². The Morgan fingerprint density at radius 2 is 1.57 bits per heavy atom. The van der Waals surface area contributed by atoms with E-state index >= 15 is 0 Å². The minimum atomic E-state index is -3.47. The molecule has 0 radical (unpaired) electrons. The summed E-state index contributed by atoms with van der Waals surface area (Å²) in [5.41, 5.74) is 2.83. The number of nitrogens with two attached hydrogens (primary N) is 1. The second-order valence-corrected chi connectivity index (χ2v) is 7.20. The van der Waals surface area contributed by atoms with Gasteiger partial charge in [-0.3, -0.25) is 0 Å². The highest BCUT2D eigenvalue weighted by atomic mass is 32.2. The van der Waals surface area contributed by atoms with E-state index in [1.807, 2.05) is 12.1 Å². The largest absolute Gasteiger partial charge is 0.381 e. The molecule has 2 aromatic rings. The molecule has 0 spiro atoms. The molecule has 4 nitrogen and oxygen atoms in total. The quantitative estimate of drug-likeness (QED) is 0.802. The highest BCUT2D eigenvalue weighted by Crippen LogP contribution is 2.16. The zero-order valence-electron chi connectivity index (χ0n) is 11.7. The van der Waals surface area contributed by atoms with Crippen LogP contribution in [0.3, 0.4) is 0 Å². The second-order valence-electron chi connectivity index (χ2n) is 4.71. The van der Waals surface area contributed by atoms with Crippen LogP contribution in [0.5, 0.6) is 0 Å². The van der Waals surface area contributed by atoms with Crippen molar-refractivity contribution in [3.05, 3.63) is 59.7 Å². The number of anilines is 1. The van der Waals surface area contributed by atoms with Gasteiger partial charge in [0.1, 0.15) is 0 Å². The number of primary sulfonamides is 1. The number of thioether (sulfide) groups is 1. The molecule has 0 fully saturated rings. The van der Waals surface area contributed by atoms with Crippen LogP contribution < -0.4 is 10.5 Å². The second kappa shape index (κ2) is 6.98. The standard InChI is InChI=1S/C15H18N2O2S2/c1-20-15-8-4-12(5-9-15)10-17-14-6-2-13(3-7-14)11-21(16,18)19/h2-9,17H,10-11H2,1H3,(H2,16,18,19). The highest BCUT2D eigenvalue weighted by Gasteiger charge is 2.04. The van der Waals surface area contributed by atoms with Crippen molar-refractivity contribution >= 4 is 27.5 Å². The van der Waals surface area contributed by atoms with Crippen LogP contribution in [0, 0.1) is 0 Å². The monoisotopic (exact) mass is 322 g/mol. The molecule has 0 saturated heterocycles. The minimum Gasteiger partial charge on any atom is -0.381 e. The third-order valence-electron chi connectivity index (χ3n) is 2.98. The highest BCUT2D eigenvalue weighted by molar-refractivity contribution is 7.98. The molecule has 0 saturated carbocycles. The first-order chi connectivity index (χ1) is 9.96. The normalized spacial score (nSPS) is 11.3. The molecule has 0 unspecified atom stereocenters. The van der Waals surface area contributed by atoms with E-state index in [9.17, 15) is 8.42 Å². The lowest BCUT2D eigenvalue weighted by Gasteiger charge is -2.08. The van der Waals surface area contributed by atoms with Crippen molar-refractivity contribution in [3.63, 3.8) is 0 Å². The average Bonchev–Trinajstić information content (AvgIpc) is 2.45. The summed E-state index contributed by atoms with van der Waals surface area (Å²) in [6.07, 6.45) is 2.05. The summed E-state index contributed by atoms with van der Waals surface area (Å²) in [6, 6.07) is 15.6. The minimum absolute atomic E-state index is 0.135. The summed E-state index contributed by atoms with van der Waals surface area (Å²) >= 11 is 1.72. The Balaban J connectivity index is 1.94. The van der Waals surface area contributed by atoms with E-state index < -0.39 is 10.0 Å². The lowest BCUT2D eigenvalue weighted by Crippen LogP contribution is -2.14. The molecule has 112 valence electrons. The number of hydrogen-bond acceptors (Lipinski definition) is 4. The number of sulfonamides is 1. The Morgan fingerprint density at radius 3 is 2.10 bits per heavy atom. The Morgan fingerprint density at radius 1 is 1.00 bits per heavy atom. The molecule has 2 aromatic carbocycles. The molecule has 6 heteroatoms. The molecular weight excluding hydrogens is 304 g/mol. The van der Waals surface area contributed by atoms with Gasteiger partial charge in [-0.15, -0.1) is 11.8 Å². The maximum absolute atomic E-state index is 11.0. The first-order valence-electron chi connectivity index (χ1n) is 6.42. The molecule has 0 aliphatic heterocycles. The topological polar surface area (TPSA) is 72.2 Å². The van der Waals surface area contributed by atoms with Gasteiger partial charge in [0, 0.05) is 17.1 Å². The van der Waals surface area contributed by atoms with Gasteiger partial charge in [-0.2, -0.15) is 0 Å². The van der Waals surface area contributed by atoms with Crippen LogP contribution in [0.25, 0.3) is 0 Å². The molecule has 0 amide bonds. The summed E-state index contributed by atoms with van der Waals surface area (Å²) in [6.45, 7) is 0.725. The third kappa shape index (κ3) is 5.41. The zero-order valence-corrected chi connectivity index (χ0v) is 13.4. The lowest BCUT2D eigenvalue weighted by molar-refractivity contribution is 0.597. The average molecular weight is 322 g/mol. The van der Waals surface area contributed by atoms with Crippen LogP contribution in [-0.4, -0.2) is 14.7 Å². The SMILES string of the molecule is CSc1ccc(CNc2ccc(CS(N)(=O)=O)cc2)cc1. The van der Waals surface area contributed by atoms with Gasteiger partial charge in [-0.05, 0) is 41.6 Å². The fraction of sp³-hybridized carbons (Fsp3) is 0.200. The zero-order chi connectivity index (χ0) is 15.3. The van der Waals surface area contributed by atoms with Gasteiger partial charge in [-0.25, -0.2) is 13.6 Å². The van der Waals surface area contributed by atoms with E-state index in [1.54, 1.807) is 23.9 Å². The third-order valence-corrected chi connectivity index (χ3v) is 4.46. The number of benzene rings is 2. The van der Waals surface area contributed by atoms with Crippen molar-refractivity contribution in [1.29, 1.82) is 0 Å². The van der Waals surface area contributed by atoms with Crippen molar-refractivity contribution in [3.8, 4) is 0 Å². The van der Waals surface area contributed by atoms with Crippen molar-refractivity contribution in [2.75, 3.05) is 11.6 Å². The maximum atomic E-state index is 11.0. The number of hydrogen-bond donors (Lipinski definition) is 2. The summed E-state index contributed by atoms with van der Waals surface area (Å²) in [5, 5.41) is 8.32. The first-order valence-corrected chi connectivity index (χ1v) is 9.36. The lowest BCUT2D eigenvalue weighted by atomic mass is 10.2. The van der Waals surface area contributed by atoms with E-state index in [0.717, 1.165) is 12.2 Å². The summed E-state index contributed by atoms with van der Waals surface area (Å²) in [7, 11) is -3.47. The van der Waals surface area contributed by atoms with Crippen molar-refractivity contribution in [2.45, 2.75) is 17.2 Å². The molecule has 0 aliphatic carbocycles. The Hall–Kier alpha value is -1.50. The van der Waals surface area contributed by atoms with Crippen LogP contribution in [-0.2, 0) is 22.3 Å². The van der Waals surface area contributed by atoms with Crippen LogP contribution in [0.1, 0.15) is 11.1 Å². The van der Waals surface area contributed by atoms with Crippen molar-refractivity contribution in [1.82, 2.24) is 0 Å². The summed E-state index contributed by atoms with van der Waals surface area (Å²) in [5.74, 6) is -0.135. The molecule has 0 aromatic heterocycles. The van der Waals surface area contributed by atoms with Gasteiger partial charge in [0.2, 0.25) is 10.0 Å². The van der Waals surface area contributed by atoms with E-state index in [4.69, 9.17) is 5.14 Å². The van der Waals surface area contributed by atoms with Crippen molar-refractivity contribution in [2.24, 2.45) is 5.14 Å².